The lowest BCUT2D eigenvalue weighted by atomic mass is 10.2. The standard InChI is InChI=1S/C14H9Cl3N2OS/c15-8-4-6-9(7-5-8)18-14(21)19-13(20)12-10(16)2-1-3-11(12)17/h1-7H,(H2,18,19,20,21). The second kappa shape index (κ2) is 7.09. The van der Waals surface area contributed by atoms with Crippen LogP contribution in [0.2, 0.25) is 15.1 Å². The van der Waals surface area contributed by atoms with E-state index in [2.05, 4.69) is 10.6 Å². The second-order valence-corrected chi connectivity index (χ2v) is 5.67. The molecule has 0 saturated carbocycles. The maximum absolute atomic E-state index is 12.1. The summed E-state index contributed by atoms with van der Waals surface area (Å²) in [6.07, 6.45) is 0. The Balaban J connectivity index is 2.06. The summed E-state index contributed by atoms with van der Waals surface area (Å²) in [7, 11) is 0. The molecule has 0 atom stereocenters. The number of nitrogens with one attached hydrogen (secondary N) is 2. The fourth-order valence-corrected chi connectivity index (χ4v) is 2.48. The zero-order valence-corrected chi connectivity index (χ0v) is 13.6. The zero-order chi connectivity index (χ0) is 15.4. The van der Waals surface area contributed by atoms with E-state index in [0.717, 1.165) is 0 Å². The Kier molecular flexibility index (Phi) is 5.42. The monoisotopic (exact) mass is 358 g/mol. The molecule has 0 unspecified atom stereocenters. The first-order chi connectivity index (χ1) is 9.97. The van der Waals surface area contributed by atoms with Crippen LogP contribution in [0.1, 0.15) is 10.4 Å². The lowest BCUT2D eigenvalue weighted by Crippen LogP contribution is -2.34. The quantitative estimate of drug-likeness (QED) is 0.759. The number of hydrogen-bond acceptors (Lipinski definition) is 2. The smallest absolute Gasteiger partial charge is 0.260 e. The van der Waals surface area contributed by atoms with Crippen LogP contribution >= 0.6 is 47.0 Å². The summed E-state index contributed by atoms with van der Waals surface area (Å²) in [5.41, 5.74) is 0.885. The number of carbonyl (C=O) groups is 1. The summed E-state index contributed by atoms with van der Waals surface area (Å²) < 4.78 is 0. The van der Waals surface area contributed by atoms with Gasteiger partial charge in [0.05, 0.1) is 15.6 Å². The van der Waals surface area contributed by atoms with E-state index in [4.69, 9.17) is 47.0 Å². The molecule has 0 aromatic heterocycles. The van der Waals surface area contributed by atoms with E-state index in [-0.39, 0.29) is 20.7 Å². The van der Waals surface area contributed by atoms with Gasteiger partial charge in [0.1, 0.15) is 0 Å². The van der Waals surface area contributed by atoms with Gasteiger partial charge >= 0.3 is 0 Å². The number of rotatable bonds is 2. The second-order valence-electron chi connectivity index (χ2n) is 4.01. The van der Waals surface area contributed by atoms with Crippen molar-refractivity contribution in [1.82, 2.24) is 5.32 Å². The van der Waals surface area contributed by atoms with Gasteiger partial charge in [0.2, 0.25) is 0 Å². The number of thiocarbonyl (C=S) groups is 1. The number of benzene rings is 2. The molecule has 0 aliphatic carbocycles. The maximum Gasteiger partial charge on any atom is 0.260 e. The minimum absolute atomic E-state index is 0.137. The molecule has 0 radical (unpaired) electrons. The average molecular weight is 360 g/mol. The van der Waals surface area contributed by atoms with Gasteiger partial charge in [0.25, 0.3) is 5.91 Å². The van der Waals surface area contributed by atoms with Crippen LogP contribution in [-0.4, -0.2) is 11.0 Å². The SMILES string of the molecule is O=C(NC(=S)Nc1ccc(Cl)cc1)c1c(Cl)cccc1Cl. The summed E-state index contributed by atoms with van der Waals surface area (Å²) in [5, 5.41) is 6.65. The molecule has 2 rings (SSSR count). The molecule has 0 spiro atoms. The van der Waals surface area contributed by atoms with Crippen molar-refractivity contribution in [1.29, 1.82) is 0 Å². The highest BCUT2D eigenvalue weighted by atomic mass is 35.5. The first kappa shape index (κ1) is 16.0. The molecular weight excluding hydrogens is 351 g/mol. The van der Waals surface area contributed by atoms with Crippen molar-refractivity contribution in [3.63, 3.8) is 0 Å². The van der Waals surface area contributed by atoms with Crippen molar-refractivity contribution in [3.8, 4) is 0 Å². The predicted molar refractivity (Wildman–Crippen MR) is 91.6 cm³/mol. The number of amides is 1. The van der Waals surface area contributed by atoms with Crippen molar-refractivity contribution >= 4 is 63.7 Å². The van der Waals surface area contributed by atoms with E-state index in [1.807, 2.05) is 0 Å². The fraction of sp³-hybridized carbons (Fsp3) is 0. The summed E-state index contributed by atoms with van der Waals surface area (Å²) in [6.45, 7) is 0. The minimum Gasteiger partial charge on any atom is -0.332 e. The summed E-state index contributed by atoms with van der Waals surface area (Å²) in [4.78, 5) is 12.1. The first-order valence-corrected chi connectivity index (χ1v) is 7.33. The maximum atomic E-state index is 12.1. The highest BCUT2D eigenvalue weighted by Crippen LogP contribution is 2.24. The van der Waals surface area contributed by atoms with Crippen LogP contribution in [0, 0.1) is 0 Å². The minimum atomic E-state index is -0.475. The van der Waals surface area contributed by atoms with Crippen LogP contribution in [0.25, 0.3) is 0 Å². The van der Waals surface area contributed by atoms with Crippen molar-refractivity contribution in [2.45, 2.75) is 0 Å². The van der Waals surface area contributed by atoms with Crippen LogP contribution in [0.3, 0.4) is 0 Å². The number of anilines is 1. The molecule has 2 aromatic carbocycles. The number of carbonyl (C=O) groups excluding carboxylic acids is 1. The Morgan fingerprint density at radius 1 is 0.952 bits per heavy atom. The van der Waals surface area contributed by atoms with Crippen LogP contribution in [-0.2, 0) is 0 Å². The number of halogens is 3. The molecule has 0 heterocycles. The topological polar surface area (TPSA) is 41.1 Å². The molecular formula is C14H9Cl3N2OS. The Bertz CT molecular complexity index is 669. The van der Waals surface area contributed by atoms with Gasteiger partial charge < -0.3 is 5.32 Å². The molecule has 108 valence electrons. The molecule has 0 bridgehead atoms. The molecule has 1 amide bonds. The van der Waals surface area contributed by atoms with Crippen molar-refractivity contribution in [2.24, 2.45) is 0 Å². The van der Waals surface area contributed by atoms with Crippen molar-refractivity contribution in [3.05, 3.63) is 63.1 Å². The fourth-order valence-electron chi connectivity index (χ4n) is 1.58. The molecule has 0 aliphatic heterocycles. The number of hydrogen-bond donors (Lipinski definition) is 2. The Labute approximate surface area is 142 Å². The molecule has 21 heavy (non-hydrogen) atoms. The van der Waals surface area contributed by atoms with E-state index in [1.54, 1.807) is 42.5 Å². The van der Waals surface area contributed by atoms with Gasteiger partial charge in [-0.15, -0.1) is 0 Å². The van der Waals surface area contributed by atoms with Crippen LogP contribution in [0.15, 0.2) is 42.5 Å². The summed E-state index contributed by atoms with van der Waals surface area (Å²) in [5.74, 6) is -0.475. The predicted octanol–water partition coefficient (Wildman–Crippen LogP) is 4.77. The molecule has 7 heteroatoms. The third-order valence-electron chi connectivity index (χ3n) is 2.52. The molecule has 0 aliphatic rings. The van der Waals surface area contributed by atoms with Crippen LogP contribution < -0.4 is 10.6 Å². The summed E-state index contributed by atoms with van der Waals surface area (Å²) >= 11 is 22.8. The Hall–Kier alpha value is -1.33. The van der Waals surface area contributed by atoms with E-state index in [9.17, 15) is 4.79 Å². The van der Waals surface area contributed by atoms with Crippen LogP contribution in [0.4, 0.5) is 5.69 Å². The molecule has 3 nitrogen and oxygen atoms in total. The van der Waals surface area contributed by atoms with E-state index >= 15 is 0 Å². The Morgan fingerprint density at radius 2 is 1.52 bits per heavy atom. The van der Waals surface area contributed by atoms with Gasteiger partial charge in [0.15, 0.2) is 5.11 Å². The molecule has 0 fully saturated rings. The normalized spacial score (nSPS) is 10.0. The van der Waals surface area contributed by atoms with E-state index < -0.39 is 5.91 Å². The van der Waals surface area contributed by atoms with Gasteiger partial charge in [-0.2, -0.15) is 0 Å². The molecule has 2 aromatic rings. The Morgan fingerprint density at radius 3 is 2.10 bits per heavy atom. The zero-order valence-electron chi connectivity index (χ0n) is 10.5. The summed E-state index contributed by atoms with van der Waals surface area (Å²) in [6, 6.07) is 11.7. The van der Waals surface area contributed by atoms with Crippen molar-refractivity contribution in [2.75, 3.05) is 5.32 Å². The van der Waals surface area contributed by atoms with Gasteiger partial charge in [-0.3, -0.25) is 10.1 Å². The average Bonchev–Trinajstić information content (AvgIpc) is 2.41. The van der Waals surface area contributed by atoms with Gasteiger partial charge in [-0.25, -0.2) is 0 Å². The van der Waals surface area contributed by atoms with Gasteiger partial charge in [-0.05, 0) is 48.6 Å². The lowest BCUT2D eigenvalue weighted by Gasteiger charge is -2.11. The largest absolute Gasteiger partial charge is 0.332 e. The first-order valence-electron chi connectivity index (χ1n) is 5.79. The highest BCUT2D eigenvalue weighted by Gasteiger charge is 2.15. The van der Waals surface area contributed by atoms with Gasteiger partial charge in [-0.1, -0.05) is 40.9 Å². The van der Waals surface area contributed by atoms with E-state index in [1.165, 1.54) is 0 Å². The third kappa shape index (κ3) is 4.32. The highest BCUT2D eigenvalue weighted by molar-refractivity contribution is 7.80. The molecule has 2 N–H and O–H groups in total. The lowest BCUT2D eigenvalue weighted by molar-refractivity contribution is 0.0978. The third-order valence-corrected chi connectivity index (χ3v) is 3.61. The van der Waals surface area contributed by atoms with Gasteiger partial charge in [0, 0.05) is 10.7 Å². The van der Waals surface area contributed by atoms with Crippen molar-refractivity contribution < 1.29 is 4.79 Å². The van der Waals surface area contributed by atoms with Crippen LogP contribution in [0.5, 0.6) is 0 Å². The van der Waals surface area contributed by atoms with E-state index in [0.29, 0.717) is 10.7 Å². The molecule has 0 saturated heterocycles.